The van der Waals surface area contributed by atoms with Gasteiger partial charge in [-0.2, -0.15) is 11.8 Å². The number of urea groups is 1. The summed E-state index contributed by atoms with van der Waals surface area (Å²) in [5, 5.41) is 14.3. The van der Waals surface area contributed by atoms with Crippen LogP contribution in [0.3, 0.4) is 0 Å². The third-order valence-corrected chi connectivity index (χ3v) is 3.49. The first kappa shape index (κ1) is 15.1. The molecule has 3 N–H and O–H groups in total. The summed E-state index contributed by atoms with van der Waals surface area (Å²) in [4.78, 5) is 22.7. The van der Waals surface area contributed by atoms with E-state index in [1.165, 1.54) is 0 Å². The normalized spacial score (nSPS) is 24.6. The van der Waals surface area contributed by atoms with Crippen molar-refractivity contribution in [3.63, 3.8) is 0 Å². The summed E-state index contributed by atoms with van der Waals surface area (Å²) in [6.45, 7) is 2.96. The SMILES string of the molecule is CSCC[C@H](NC(=O)NC1(C)CCOC1)C(=O)O. The summed E-state index contributed by atoms with van der Waals surface area (Å²) in [5.41, 5.74) is -0.396. The largest absolute Gasteiger partial charge is 0.480 e. The molecule has 0 radical (unpaired) electrons. The number of carboxylic acid groups (broad SMARTS) is 1. The average Bonchev–Trinajstić information content (AvgIpc) is 2.70. The topological polar surface area (TPSA) is 87.7 Å². The number of amides is 2. The van der Waals surface area contributed by atoms with Crippen LogP contribution in [0.25, 0.3) is 0 Å². The van der Waals surface area contributed by atoms with E-state index in [9.17, 15) is 9.59 Å². The second-order valence-corrected chi connectivity index (χ2v) is 5.62. The van der Waals surface area contributed by atoms with E-state index in [1.807, 2.05) is 13.2 Å². The van der Waals surface area contributed by atoms with Gasteiger partial charge < -0.3 is 20.5 Å². The fourth-order valence-corrected chi connectivity index (χ4v) is 2.20. The molecule has 18 heavy (non-hydrogen) atoms. The molecule has 1 fully saturated rings. The average molecular weight is 276 g/mol. The lowest BCUT2D eigenvalue weighted by Crippen LogP contribution is -2.54. The Hall–Kier alpha value is -0.950. The van der Waals surface area contributed by atoms with Gasteiger partial charge in [-0.1, -0.05) is 0 Å². The minimum Gasteiger partial charge on any atom is -0.480 e. The lowest BCUT2D eigenvalue weighted by atomic mass is 10.0. The maximum atomic E-state index is 11.7. The molecule has 0 spiro atoms. The highest BCUT2D eigenvalue weighted by atomic mass is 32.2. The molecule has 0 aromatic carbocycles. The highest BCUT2D eigenvalue weighted by Crippen LogP contribution is 2.17. The van der Waals surface area contributed by atoms with E-state index >= 15 is 0 Å². The molecule has 1 aliphatic rings. The molecular formula is C11H20N2O4S. The molecule has 1 heterocycles. The maximum absolute atomic E-state index is 11.7. The molecule has 1 unspecified atom stereocenters. The lowest BCUT2D eigenvalue weighted by molar-refractivity contribution is -0.139. The summed E-state index contributed by atoms with van der Waals surface area (Å²) in [5.74, 6) is -0.315. The van der Waals surface area contributed by atoms with Crippen molar-refractivity contribution in [3.05, 3.63) is 0 Å². The molecule has 0 aromatic heterocycles. The molecule has 1 rings (SSSR count). The number of carbonyl (C=O) groups excluding carboxylic acids is 1. The van der Waals surface area contributed by atoms with Gasteiger partial charge in [-0.05, 0) is 31.8 Å². The Morgan fingerprint density at radius 3 is 2.78 bits per heavy atom. The molecule has 0 aromatic rings. The molecule has 2 amide bonds. The first-order valence-electron chi connectivity index (χ1n) is 5.85. The standard InChI is InChI=1S/C11H20N2O4S/c1-11(4-5-17-7-11)13-10(16)12-8(9(14)15)3-6-18-2/h8H,3-7H2,1-2H3,(H,14,15)(H2,12,13,16)/t8-,11?/m0/s1. The van der Waals surface area contributed by atoms with Crippen LogP contribution in [0.1, 0.15) is 19.8 Å². The molecule has 0 saturated carbocycles. The molecule has 1 aliphatic heterocycles. The summed E-state index contributed by atoms with van der Waals surface area (Å²) in [6, 6.07) is -1.29. The van der Waals surface area contributed by atoms with Gasteiger partial charge in [-0.15, -0.1) is 0 Å². The zero-order chi connectivity index (χ0) is 13.6. The smallest absolute Gasteiger partial charge is 0.326 e. The van der Waals surface area contributed by atoms with E-state index < -0.39 is 23.6 Å². The number of hydrogen-bond donors (Lipinski definition) is 3. The second kappa shape index (κ2) is 6.84. The number of aliphatic carboxylic acids is 1. The molecule has 104 valence electrons. The van der Waals surface area contributed by atoms with Crippen LogP contribution in [0.4, 0.5) is 4.79 Å². The Balaban J connectivity index is 2.43. The molecule has 7 heteroatoms. The van der Waals surface area contributed by atoms with Gasteiger partial charge >= 0.3 is 12.0 Å². The van der Waals surface area contributed by atoms with E-state index in [1.54, 1.807) is 11.8 Å². The van der Waals surface area contributed by atoms with Gasteiger partial charge in [-0.25, -0.2) is 9.59 Å². The third-order valence-electron chi connectivity index (χ3n) is 2.85. The number of rotatable bonds is 6. The Labute approximate surface area is 111 Å². The van der Waals surface area contributed by atoms with E-state index in [0.29, 0.717) is 25.4 Å². The quantitative estimate of drug-likeness (QED) is 0.663. The Morgan fingerprint density at radius 1 is 1.56 bits per heavy atom. The summed E-state index contributed by atoms with van der Waals surface area (Å²) in [6.07, 6.45) is 3.05. The van der Waals surface area contributed by atoms with Gasteiger partial charge in [0.15, 0.2) is 0 Å². The van der Waals surface area contributed by atoms with Crippen LogP contribution in [-0.4, -0.2) is 53.9 Å². The van der Waals surface area contributed by atoms with Crippen molar-refractivity contribution in [2.24, 2.45) is 0 Å². The number of nitrogens with one attached hydrogen (secondary N) is 2. The van der Waals surface area contributed by atoms with Crippen molar-refractivity contribution in [3.8, 4) is 0 Å². The van der Waals surface area contributed by atoms with E-state index in [-0.39, 0.29) is 0 Å². The van der Waals surface area contributed by atoms with Gasteiger partial charge in [0.25, 0.3) is 0 Å². The van der Waals surface area contributed by atoms with Crippen LogP contribution in [0.15, 0.2) is 0 Å². The van der Waals surface area contributed by atoms with Gasteiger partial charge in [0.05, 0.1) is 12.1 Å². The zero-order valence-electron chi connectivity index (χ0n) is 10.7. The van der Waals surface area contributed by atoms with Crippen LogP contribution in [0.5, 0.6) is 0 Å². The highest BCUT2D eigenvalue weighted by Gasteiger charge is 2.32. The van der Waals surface area contributed by atoms with Crippen LogP contribution in [-0.2, 0) is 9.53 Å². The fourth-order valence-electron chi connectivity index (χ4n) is 1.73. The minimum absolute atomic E-state index is 0.396. The predicted octanol–water partition coefficient (Wildman–Crippen LogP) is 0.671. The van der Waals surface area contributed by atoms with Gasteiger partial charge in [0.2, 0.25) is 0 Å². The molecular weight excluding hydrogens is 256 g/mol. The van der Waals surface area contributed by atoms with Crippen LogP contribution < -0.4 is 10.6 Å². The van der Waals surface area contributed by atoms with Crippen molar-refractivity contribution in [1.29, 1.82) is 0 Å². The monoisotopic (exact) mass is 276 g/mol. The van der Waals surface area contributed by atoms with Gasteiger partial charge in [-0.3, -0.25) is 0 Å². The number of carbonyl (C=O) groups is 2. The first-order chi connectivity index (χ1) is 8.47. The molecule has 1 saturated heterocycles. The van der Waals surface area contributed by atoms with Crippen molar-refractivity contribution >= 4 is 23.8 Å². The maximum Gasteiger partial charge on any atom is 0.326 e. The highest BCUT2D eigenvalue weighted by molar-refractivity contribution is 7.98. The number of thioether (sulfide) groups is 1. The lowest BCUT2D eigenvalue weighted by Gasteiger charge is -2.25. The Bertz CT molecular complexity index is 305. The van der Waals surface area contributed by atoms with Crippen LogP contribution in [0.2, 0.25) is 0 Å². The van der Waals surface area contributed by atoms with Gasteiger partial charge in [0.1, 0.15) is 6.04 Å². The minimum atomic E-state index is -1.01. The molecule has 0 bridgehead atoms. The summed E-state index contributed by atoms with van der Waals surface area (Å²) < 4.78 is 5.22. The number of hydrogen-bond acceptors (Lipinski definition) is 4. The second-order valence-electron chi connectivity index (χ2n) is 4.63. The third kappa shape index (κ3) is 4.73. The van der Waals surface area contributed by atoms with Crippen LogP contribution >= 0.6 is 11.8 Å². The molecule has 6 nitrogen and oxygen atoms in total. The van der Waals surface area contributed by atoms with Crippen molar-refractivity contribution in [2.75, 3.05) is 25.2 Å². The number of ether oxygens (including phenoxy) is 1. The molecule has 2 atom stereocenters. The van der Waals surface area contributed by atoms with E-state index in [0.717, 1.165) is 6.42 Å². The predicted molar refractivity (Wildman–Crippen MR) is 69.9 cm³/mol. The number of carboxylic acids is 1. The van der Waals surface area contributed by atoms with Crippen molar-refractivity contribution < 1.29 is 19.4 Å². The summed E-state index contributed by atoms with van der Waals surface area (Å²) >= 11 is 1.55. The first-order valence-corrected chi connectivity index (χ1v) is 7.24. The van der Waals surface area contributed by atoms with Crippen molar-refractivity contribution in [1.82, 2.24) is 10.6 Å². The van der Waals surface area contributed by atoms with Crippen LogP contribution in [0, 0.1) is 0 Å². The van der Waals surface area contributed by atoms with Gasteiger partial charge in [0, 0.05) is 6.61 Å². The van der Waals surface area contributed by atoms with E-state index in [4.69, 9.17) is 9.84 Å². The fraction of sp³-hybridized carbons (Fsp3) is 0.818. The molecule has 0 aliphatic carbocycles. The summed E-state index contributed by atoms with van der Waals surface area (Å²) in [7, 11) is 0. The van der Waals surface area contributed by atoms with E-state index in [2.05, 4.69) is 10.6 Å². The Kier molecular flexibility index (Phi) is 5.74. The van der Waals surface area contributed by atoms with Crippen molar-refractivity contribution in [2.45, 2.75) is 31.3 Å². The Morgan fingerprint density at radius 2 is 2.28 bits per heavy atom. The zero-order valence-corrected chi connectivity index (χ0v) is 11.5.